The maximum atomic E-state index is 2.41. The summed E-state index contributed by atoms with van der Waals surface area (Å²) in [7, 11) is 0. The molecule has 0 unspecified atom stereocenters. The van der Waals surface area contributed by atoms with Gasteiger partial charge in [-0.1, -0.05) is 12.1 Å². The molecule has 0 radical (unpaired) electrons. The summed E-state index contributed by atoms with van der Waals surface area (Å²) in [6.07, 6.45) is 0. The normalized spacial score (nSPS) is 12.1. The third-order valence-electron chi connectivity index (χ3n) is 6.08. The fourth-order valence-electron chi connectivity index (χ4n) is 4.51. The van der Waals surface area contributed by atoms with Crippen molar-refractivity contribution in [3.05, 3.63) is 82.6 Å². The highest BCUT2D eigenvalue weighted by Gasteiger charge is 2.12. The number of fused-ring (bicyclic) bond motifs is 5. The number of hydrogen-bond acceptors (Lipinski definition) is 4. The van der Waals surface area contributed by atoms with Crippen LogP contribution in [0.15, 0.2) is 72.8 Å². The highest BCUT2D eigenvalue weighted by Crippen LogP contribution is 2.42. The van der Waals surface area contributed by atoms with E-state index in [1.54, 1.807) is 0 Å². The second-order valence-electron chi connectivity index (χ2n) is 8.33. The molecular weight excluding hydrogens is 465 g/mol. The van der Waals surface area contributed by atoms with Crippen molar-refractivity contribution in [2.75, 3.05) is 0 Å². The predicted octanol–water partition coefficient (Wildman–Crippen LogP) is 10.5. The van der Waals surface area contributed by atoms with E-state index in [9.17, 15) is 0 Å². The second kappa shape index (κ2) is 7.00. The van der Waals surface area contributed by atoms with E-state index in [4.69, 9.17) is 0 Å². The molecule has 0 atom stereocenters. The van der Waals surface area contributed by atoms with Gasteiger partial charge in [-0.25, -0.2) is 0 Å². The van der Waals surface area contributed by atoms with E-state index >= 15 is 0 Å². The topological polar surface area (TPSA) is 0 Å². The lowest BCUT2D eigenvalue weighted by Crippen LogP contribution is -1.78. The summed E-state index contributed by atoms with van der Waals surface area (Å²) in [6.45, 7) is 4.36. The summed E-state index contributed by atoms with van der Waals surface area (Å²) < 4.78 is 2.74. The fourth-order valence-corrected chi connectivity index (χ4v) is 8.57. The first-order chi connectivity index (χ1) is 15.6. The van der Waals surface area contributed by atoms with Gasteiger partial charge in [0.2, 0.25) is 0 Å². The molecule has 4 heteroatoms. The van der Waals surface area contributed by atoms with Gasteiger partial charge in [-0.15, -0.1) is 45.3 Å². The molecular formula is C28H18S4. The highest BCUT2D eigenvalue weighted by atomic mass is 32.1. The molecule has 0 fully saturated rings. The first-order valence-electron chi connectivity index (χ1n) is 10.6. The fraction of sp³-hybridized carbons (Fsp3) is 0.0714. The van der Waals surface area contributed by atoms with E-state index in [0.29, 0.717) is 0 Å². The summed E-state index contributed by atoms with van der Waals surface area (Å²) in [5, 5.41) is 8.04. The molecule has 0 aliphatic heterocycles. The zero-order valence-electron chi connectivity index (χ0n) is 17.6. The maximum absolute atomic E-state index is 2.41. The van der Waals surface area contributed by atoms with E-state index < -0.39 is 0 Å². The van der Waals surface area contributed by atoms with Crippen molar-refractivity contribution in [1.82, 2.24) is 0 Å². The summed E-state index contributed by atoms with van der Waals surface area (Å²) in [5.74, 6) is 0. The lowest BCUT2D eigenvalue weighted by Gasteiger charge is -2.05. The Bertz CT molecular complexity index is 1670. The minimum Gasteiger partial charge on any atom is -0.140 e. The average molecular weight is 483 g/mol. The lowest BCUT2D eigenvalue weighted by atomic mass is 10.00. The molecule has 0 spiro atoms. The molecule has 0 aliphatic rings. The largest absolute Gasteiger partial charge is 0.140 e. The molecule has 0 aliphatic carbocycles. The number of hydrogen-bond donors (Lipinski definition) is 0. The van der Waals surface area contributed by atoms with Crippen molar-refractivity contribution >= 4 is 87.1 Å². The quantitative estimate of drug-likeness (QED) is 0.215. The standard InChI is InChI=1S/C28H18S4/c1-15-3-7-23(29-15)27-11-19-9-17-5-6-18-10-20-12-28(24-8-4-16(2)30-24)32-26(20)14-22(18)21(17)13-25(19)31-27/h3-14H,1-2H3. The van der Waals surface area contributed by atoms with E-state index in [-0.39, 0.29) is 0 Å². The lowest BCUT2D eigenvalue weighted by molar-refractivity contribution is 1.64. The zero-order chi connectivity index (χ0) is 21.4. The minimum atomic E-state index is 1.32. The van der Waals surface area contributed by atoms with E-state index in [2.05, 4.69) is 86.6 Å². The van der Waals surface area contributed by atoms with Gasteiger partial charge < -0.3 is 0 Å². The van der Waals surface area contributed by atoms with Crippen LogP contribution >= 0.6 is 45.3 Å². The van der Waals surface area contributed by atoms with Crippen molar-refractivity contribution in [2.45, 2.75) is 13.8 Å². The number of thiophene rings is 4. The second-order valence-corrected chi connectivity index (χ2v) is 13.1. The van der Waals surface area contributed by atoms with Crippen LogP contribution in [0, 0.1) is 13.8 Å². The Kier molecular flexibility index (Phi) is 4.16. The third kappa shape index (κ3) is 2.98. The minimum absolute atomic E-state index is 1.32. The van der Waals surface area contributed by atoms with E-state index in [1.807, 2.05) is 45.3 Å². The maximum Gasteiger partial charge on any atom is 0.0455 e. The van der Waals surface area contributed by atoms with E-state index in [1.165, 1.54) is 71.0 Å². The van der Waals surface area contributed by atoms with Crippen molar-refractivity contribution in [2.24, 2.45) is 0 Å². The number of aryl methyl sites for hydroxylation is 2. The molecule has 0 amide bonds. The van der Waals surface area contributed by atoms with Crippen molar-refractivity contribution in [1.29, 1.82) is 0 Å². The Morgan fingerprint density at radius 1 is 0.406 bits per heavy atom. The summed E-state index contributed by atoms with van der Waals surface area (Å²) >= 11 is 7.58. The molecule has 4 aromatic heterocycles. The Hall–Kier alpha value is -2.50. The molecule has 4 heterocycles. The SMILES string of the molecule is Cc1ccc(-c2cc3cc4ccc5cc6cc(-c7ccc(C)s7)sc6cc5c4cc3s2)s1. The summed E-state index contributed by atoms with van der Waals surface area (Å²) in [6, 6.07) is 27.7. The third-order valence-corrected chi connectivity index (χ3v) is 10.7. The monoisotopic (exact) mass is 482 g/mol. The van der Waals surface area contributed by atoms with Crippen LogP contribution in [0.3, 0.4) is 0 Å². The summed E-state index contributed by atoms with van der Waals surface area (Å²) in [4.78, 5) is 8.21. The summed E-state index contributed by atoms with van der Waals surface area (Å²) in [5.41, 5.74) is 0. The molecule has 7 aromatic rings. The smallest absolute Gasteiger partial charge is 0.0455 e. The molecule has 0 N–H and O–H groups in total. The van der Waals surface area contributed by atoms with Gasteiger partial charge >= 0.3 is 0 Å². The predicted molar refractivity (Wildman–Crippen MR) is 148 cm³/mol. The average Bonchev–Trinajstić information content (AvgIpc) is 3.56. The Labute approximate surface area is 202 Å². The van der Waals surface area contributed by atoms with Crippen molar-refractivity contribution in [3.63, 3.8) is 0 Å². The molecule has 0 nitrogen and oxygen atoms in total. The molecule has 7 rings (SSSR count). The van der Waals surface area contributed by atoms with Gasteiger partial charge in [0.1, 0.15) is 0 Å². The van der Waals surface area contributed by atoms with Gasteiger partial charge in [-0.3, -0.25) is 0 Å². The van der Waals surface area contributed by atoms with Crippen LogP contribution in [0.25, 0.3) is 61.2 Å². The molecule has 3 aromatic carbocycles. The number of rotatable bonds is 2. The van der Waals surface area contributed by atoms with Crippen molar-refractivity contribution in [3.8, 4) is 19.5 Å². The van der Waals surface area contributed by atoms with Crippen LogP contribution in [0.4, 0.5) is 0 Å². The Morgan fingerprint density at radius 3 is 1.28 bits per heavy atom. The Balaban J connectivity index is 1.44. The van der Waals surface area contributed by atoms with Crippen LogP contribution in [0.1, 0.15) is 9.75 Å². The molecule has 0 bridgehead atoms. The Morgan fingerprint density at radius 2 is 0.875 bits per heavy atom. The van der Waals surface area contributed by atoms with Crippen LogP contribution < -0.4 is 0 Å². The molecule has 154 valence electrons. The first kappa shape index (κ1) is 19.0. The van der Waals surface area contributed by atoms with Crippen LogP contribution in [-0.4, -0.2) is 0 Å². The van der Waals surface area contributed by atoms with Crippen LogP contribution in [0.2, 0.25) is 0 Å². The zero-order valence-corrected chi connectivity index (χ0v) is 20.8. The van der Waals surface area contributed by atoms with Gasteiger partial charge in [-0.05, 0) is 107 Å². The van der Waals surface area contributed by atoms with Crippen LogP contribution in [-0.2, 0) is 0 Å². The van der Waals surface area contributed by atoms with E-state index in [0.717, 1.165) is 0 Å². The number of benzene rings is 3. The van der Waals surface area contributed by atoms with Crippen molar-refractivity contribution < 1.29 is 0 Å². The highest BCUT2D eigenvalue weighted by molar-refractivity contribution is 7.26. The van der Waals surface area contributed by atoms with Gasteiger partial charge in [0.25, 0.3) is 0 Å². The first-order valence-corrected chi connectivity index (χ1v) is 13.8. The van der Waals surface area contributed by atoms with Gasteiger partial charge in [0.05, 0.1) is 0 Å². The molecule has 0 saturated heterocycles. The van der Waals surface area contributed by atoms with Crippen LogP contribution in [0.5, 0.6) is 0 Å². The molecule has 0 saturated carbocycles. The van der Waals surface area contributed by atoms with Gasteiger partial charge in [0.15, 0.2) is 0 Å². The van der Waals surface area contributed by atoms with Gasteiger partial charge in [-0.2, -0.15) is 0 Å². The molecule has 32 heavy (non-hydrogen) atoms. The van der Waals surface area contributed by atoms with Gasteiger partial charge in [0, 0.05) is 38.7 Å².